The Hall–Kier alpha value is -1.98. The van der Waals surface area contributed by atoms with Gasteiger partial charge in [-0.25, -0.2) is 4.39 Å². The zero-order chi connectivity index (χ0) is 14.5. The Balaban J connectivity index is 2.03. The number of nitro benzene ring substituents is 1. The van der Waals surface area contributed by atoms with Gasteiger partial charge in [0.15, 0.2) is 0 Å². The Kier molecular flexibility index (Phi) is 4.65. The van der Waals surface area contributed by atoms with Crippen molar-refractivity contribution < 1.29 is 9.31 Å². The molecular formula is C14H12ClFN2O2. The maximum atomic E-state index is 13.1. The van der Waals surface area contributed by atoms with Crippen LogP contribution in [0.4, 0.5) is 10.1 Å². The van der Waals surface area contributed by atoms with Gasteiger partial charge in [0.1, 0.15) is 5.82 Å². The molecule has 4 nitrogen and oxygen atoms in total. The number of nitro groups is 1. The lowest BCUT2D eigenvalue weighted by atomic mass is 10.1. The van der Waals surface area contributed by atoms with E-state index in [0.29, 0.717) is 29.2 Å². The molecule has 0 atom stereocenters. The van der Waals surface area contributed by atoms with Crippen molar-refractivity contribution in [3.63, 3.8) is 0 Å². The van der Waals surface area contributed by atoms with Crippen LogP contribution >= 0.6 is 11.6 Å². The molecule has 0 saturated carbocycles. The first-order chi connectivity index (χ1) is 9.58. The third-order valence-corrected chi connectivity index (χ3v) is 3.20. The Morgan fingerprint density at radius 3 is 2.60 bits per heavy atom. The van der Waals surface area contributed by atoms with E-state index in [1.807, 2.05) is 0 Å². The molecule has 0 aliphatic heterocycles. The molecule has 0 aliphatic rings. The van der Waals surface area contributed by atoms with E-state index in [2.05, 4.69) is 5.32 Å². The van der Waals surface area contributed by atoms with Gasteiger partial charge >= 0.3 is 0 Å². The second kappa shape index (κ2) is 6.45. The van der Waals surface area contributed by atoms with Crippen molar-refractivity contribution in [3.8, 4) is 0 Å². The van der Waals surface area contributed by atoms with E-state index in [9.17, 15) is 14.5 Å². The Labute approximate surface area is 120 Å². The number of nitrogens with zero attached hydrogens (tertiary/aromatic N) is 1. The molecule has 20 heavy (non-hydrogen) atoms. The maximum absolute atomic E-state index is 13.1. The fourth-order valence-corrected chi connectivity index (χ4v) is 2.03. The van der Waals surface area contributed by atoms with Gasteiger partial charge in [0.05, 0.1) is 4.92 Å². The van der Waals surface area contributed by atoms with E-state index in [1.54, 1.807) is 18.2 Å². The highest BCUT2D eigenvalue weighted by Crippen LogP contribution is 2.19. The normalized spacial score (nSPS) is 10.5. The van der Waals surface area contributed by atoms with Crippen LogP contribution in [0.25, 0.3) is 0 Å². The van der Waals surface area contributed by atoms with Crippen LogP contribution in [-0.4, -0.2) is 4.92 Å². The lowest BCUT2D eigenvalue weighted by Crippen LogP contribution is -2.14. The fourth-order valence-electron chi connectivity index (χ4n) is 1.85. The largest absolute Gasteiger partial charge is 0.308 e. The number of hydrogen-bond donors (Lipinski definition) is 1. The molecule has 0 aromatic heterocycles. The predicted molar refractivity (Wildman–Crippen MR) is 75.1 cm³/mol. The SMILES string of the molecule is O=[N+]([O-])c1ccccc1CNCc1cc(F)ccc1Cl. The van der Waals surface area contributed by atoms with Crippen LogP contribution < -0.4 is 5.32 Å². The van der Waals surface area contributed by atoms with Gasteiger partial charge in [0.2, 0.25) is 0 Å². The Bertz CT molecular complexity index is 634. The minimum absolute atomic E-state index is 0.0605. The molecule has 0 unspecified atom stereocenters. The summed E-state index contributed by atoms with van der Waals surface area (Å²) in [6.45, 7) is 0.645. The summed E-state index contributed by atoms with van der Waals surface area (Å²) in [7, 11) is 0. The monoisotopic (exact) mass is 294 g/mol. The second-order valence-electron chi connectivity index (χ2n) is 4.23. The van der Waals surface area contributed by atoms with Gasteiger partial charge in [0.25, 0.3) is 5.69 Å². The molecule has 0 bridgehead atoms. The van der Waals surface area contributed by atoms with Crippen LogP contribution in [0.1, 0.15) is 11.1 Å². The first-order valence-corrected chi connectivity index (χ1v) is 6.32. The average Bonchev–Trinajstić information content (AvgIpc) is 2.43. The van der Waals surface area contributed by atoms with Crippen molar-refractivity contribution in [2.45, 2.75) is 13.1 Å². The van der Waals surface area contributed by atoms with E-state index in [1.165, 1.54) is 24.3 Å². The lowest BCUT2D eigenvalue weighted by Gasteiger charge is -2.07. The average molecular weight is 295 g/mol. The van der Waals surface area contributed by atoms with E-state index in [-0.39, 0.29) is 11.5 Å². The minimum Gasteiger partial charge on any atom is -0.308 e. The number of para-hydroxylation sites is 1. The van der Waals surface area contributed by atoms with Crippen molar-refractivity contribution in [1.29, 1.82) is 0 Å². The number of rotatable bonds is 5. The summed E-state index contributed by atoms with van der Waals surface area (Å²) in [5.74, 6) is -0.364. The molecule has 1 N–H and O–H groups in total. The zero-order valence-corrected chi connectivity index (χ0v) is 11.2. The Morgan fingerprint density at radius 2 is 1.85 bits per heavy atom. The topological polar surface area (TPSA) is 55.2 Å². The summed E-state index contributed by atoms with van der Waals surface area (Å²) >= 11 is 5.94. The third kappa shape index (κ3) is 3.53. The van der Waals surface area contributed by atoms with Crippen LogP contribution in [0.15, 0.2) is 42.5 Å². The summed E-state index contributed by atoms with van der Waals surface area (Å²) in [4.78, 5) is 10.4. The molecule has 104 valence electrons. The van der Waals surface area contributed by atoms with Crippen molar-refractivity contribution in [2.24, 2.45) is 0 Å². The zero-order valence-electron chi connectivity index (χ0n) is 10.5. The molecule has 0 spiro atoms. The van der Waals surface area contributed by atoms with Gasteiger partial charge in [0, 0.05) is 29.7 Å². The van der Waals surface area contributed by atoms with Gasteiger partial charge in [-0.15, -0.1) is 0 Å². The maximum Gasteiger partial charge on any atom is 0.273 e. The number of halogens is 2. The van der Waals surface area contributed by atoms with Gasteiger partial charge < -0.3 is 5.32 Å². The molecule has 2 aromatic carbocycles. The number of benzene rings is 2. The van der Waals surface area contributed by atoms with Crippen LogP contribution in [0.3, 0.4) is 0 Å². The fraction of sp³-hybridized carbons (Fsp3) is 0.143. The van der Waals surface area contributed by atoms with E-state index < -0.39 is 4.92 Å². The smallest absolute Gasteiger partial charge is 0.273 e. The minimum atomic E-state index is -0.424. The third-order valence-electron chi connectivity index (χ3n) is 2.83. The second-order valence-corrected chi connectivity index (χ2v) is 4.63. The summed E-state index contributed by atoms with van der Waals surface area (Å²) in [6.07, 6.45) is 0. The lowest BCUT2D eigenvalue weighted by molar-refractivity contribution is -0.385. The van der Waals surface area contributed by atoms with E-state index >= 15 is 0 Å². The van der Waals surface area contributed by atoms with E-state index in [0.717, 1.165) is 0 Å². The van der Waals surface area contributed by atoms with Gasteiger partial charge in [-0.05, 0) is 23.8 Å². The van der Waals surface area contributed by atoms with Crippen molar-refractivity contribution >= 4 is 17.3 Å². The van der Waals surface area contributed by atoms with E-state index in [4.69, 9.17) is 11.6 Å². The van der Waals surface area contributed by atoms with Gasteiger partial charge in [-0.1, -0.05) is 29.8 Å². The number of hydrogen-bond acceptors (Lipinski definition) is 3. The summed E-state index contributed by atoms with van der Waals surface area (Å²) in [6, 6.07) is 10.6. The molecule has 0 amide bonds. The van der Waals surface area contributed by atoms with Crippen molar-refractivity contribution in [1.82, 2.24) is 5.32 Å². The van der Waals surface area contributed by atoms with Crippen LogP contribution in [-0.2, 0) is 13.1 Å². The summed E-state index contributed by atoms with van der Waals surface area (Å²) in [5, 5.41) is 14.3. The molecule has 0 aliphatic carbocycles. The molecule has 2 aromatic rings. The predicted octanol–water partition coefficient (Wildman–Crippen LogP) is 3.68. The molecule has 6 heteroatoms. The molecule has 0 saturated heterocycles. The van der Waals surface area contributed by atoms with Gasteiger partial charge in [-0.2, -0.15) is 0 Å². The van der Waals surface area contributed by atoms with Crippen molar-refractivity contribution in [2.75, 3.05) is 0 Å². The van der Waals surface area contributed by atoms with Crippen LogP contribution in [0.5, 0.6) is 0 Å². The highest BCUT2D eigenvalue weighted by molar-refractivity contribution is 6.31. The summed E-state index contributed by atoms with van der Waals surface area (Å²) in [5.41, 5.74) is 1.25. The van der Waals surface area contributed by atoms with Crippen LogP contribution in [0, 0.1) is 15.9 Å². The molecule has 0 radical (unpaired) electrons. The highest BCUT2D eigenvalue weighted by Gasteiger charge is 2.11. The van der Waals surface area contributed by atoms with Crippen LogP contribution in [0.2, 0.25) is 5.02 Å². The standard InChI is InChI=1S/C14H12ClFN2O2/c15-13-6-5-12(16)7-11(13)9-17-8-10-3-1-2-4-14(10)18(19)20/h1-7,17H,8-9H2. The first kappa shape index (κ1) is 14.4. The quantitative estimate of drug-likeness (QED) is 0.676. The Morgan fingerprint density at radius 1 is 1.15 bits per heavy atom. The molecule has 2 rings (SSSR count). The highest BCUT2D eigenvalue weighted by atomic mass is 35.5. The number of nitrogens with one attached hydrogen (secondary N) is 1. The summed E-state index contributed by atoms with van der Waals surface area (Å²) < 4.78 is 13.1. The molecular weight excluding hydrogens is 283 g/mol. The van der Waals surface area contributed by atoms with Crippen molar-refractivity contribution in [3.05, 3.63) is 74.5 Å². The molecule has 0 heterocycles. The molecule has 0 fully saturated rings. The van der Waals surface area contributed by atoms with Gasteiger partial charge in [-0.3, -0.25) is 10.1 Å². The first-order valence-electron chi connectivity index (χ1n) is 5.95.